The summed E-state index contributed by atoms with van der Waals surface area (Å²) in [6.45, 7) is 1.60. The van der Waals surface area contributed by atoms with Crippen molar-refractivity contribution in [2.24, 2.45) is 0 Å². The Morgan fingerprint density at radius 1 is 0.808 bits per heavy atom. The molecule has 26 heavy (non-hydrogen) atoms. The van der Waals surface area contributed by atoms with Crippen molar-refractivity contribution in [3.63, 3.8) is 0 Å². The summed E-state index contributed by atoms with van der Waals surface area (Å²) >= 11 is 0. The van der Waals surface area contributed by atoms with Gasteiger partial charge in [-0.15, -0.1) is 0 Å². The number of halogens is 2. The Morgan fingerprint density at radius 3 is 1.96 bits per heavy atom. The normalized spacial score (nSPS) is 11.0. The molecule has 0 aliphatic heterocycles. The van der Waals surface area contributed by atoms with E-state index in [1.54, 1.807) is 42.9 Å². The van der Waals surface area contributed by atoms with Crippen LogP contribution in [-0.4, -0.2) is 23.1 Å². The van der Waals surface area contributed by atoms with Gasteiger partial charge in [0.15, 0.2) is 0 Å². The average molecular weight is 353 g/mol. The Bertz CT molecular complexity index is 744. The highest BCUT2D eigenvalue weighted by Gasteiger charge is 2.14. The fraction of sp³-hybridized carbons (Fsp3) is 0.238. The maximum atomic E-state index is 13.2. The zero-order chi connectivity index (χ0) is 18.2. The van der Waals surface area contributed by atoms with Gasteiger partial charge in [0.2, 0.25) is 0 Å². The van der Waals surface area contributed by atoms with Gasteiger partial charge in [-0.3, -0.25) is 9.97 Å². The molecule has 3 rings (SSSR count). The summed E-state index contributed by atoms with van der Waals surface area (Å²) < 4.78 is 26.5. The largest absolute Gasteiger partial charge is 0.316 e. The Hall–Kier alpha value is -2.66. The second kappa shape index (κ2) is 9.15. The molecule has 1 heterocycles. The first-order chi connectivity index (χ1) is 12.7. The van der Waals surface area contributed by atoms with Crippen LogP contribution in [0.2, 0.25) is 0 Å². The lowest BCUT2D eigenvalue weighted by atomic mass is 9.88. The predicted octanol–water partition coefficient (Wildman–Crippen LogP) is 4.11. The topological polar surface area (TPSA) is 37.8 Å². The third kappa shape index (κ3) is 5.17. The number of hydrogen-bond donors (Lipinski definition) is 1. The van der Waals surface area contributed by atoms with E-state index in [4.69, 9.17) is 0 Å². The molecule has 0 amide bonds. The van der Waals surface area contributed by atoms with Crippen molar-refractivity contribution in [3.8, 4) is 0 Å². The molecule has 2 aromatic carbocycles. The minimum Gasteiger partial charge on any atom is -0.316 e. The summed E-state index contributed by atoms with van der Waals surface area (Å²) in [6, 6.07) is 13.0. The van der Waals surface area contributed by atoms with Crippen LogP contribution in [0.25, 0.3) is 0 Å². The SMILES string of the molecule is Fc1ccc(C(CCNCCc2cnccn2)c2ccc(F)cc2)cc1. The van der Waals surface area contributed by atoms with Crippen LogP contribution < -0.4 is 5.32 Å². The van der Waals surface area contributed by atoms with Crippen molar-refractivity contribution >= 4 is 0 Å². The molecule has 0 aliphatic carbocycles. The number of nitrogens with zero attached hydrogens (tertiary/aromatic N) is 2. The molecule has 0 aliphatic rings. The minimum absolute atomic E-state index is 0.0835. The number of hydrogen-bond acceptors (Lipinski definition) is 3. The quantitative estimate of drug-likeness (QED) is 0.619. The first-order valence-electron chi connectivity index (χ1n) is 8.69. The zero-order valence-electron chi connectivity index (χ0n) is 14.4. The lowest BCUT2D eigenvalue weighted by molar-refractivity contribution is 0.600. The van der Waals surface area contributed by atoms with E-state index in [0.717, 1.165) is 42.8 Å². The predicted molar refractivity (Wildman–Crippen MR) is 97.9 cm³/mol. The van der Waals surface area contributed by atoms with Crippen molar-refractivity contribution in [1.82, 2.24) is 15.3 Å². The van der Waals surface area contributed by atoms with Gasteiger partial charge < -0.3 is 5.32 Å². The van der Waals surface area contributed by atoms with Crippen molar-refractivity contribution in [2.75, 3.05) is 13.1 Å². The standard InChI is InChI=1S/C21H21F2N3/c22-18-5-1-16(2-6-18)21(17-3-7-19(23)8-4-17)10-12-24-11-9-20-15-25-13-14-26-20/h1-8,13-15,21,24H,9-12H2. The maximum absolute atomic E-state index is 13.2. The van der Waals surface area contributed by atoms with E-state index in [0.29, 0.717) is 0 Å². The molecule has 134 valence electrons. The van der Waals surface area contributed by atoms with Crippen molar-refractivity contribution in [2.45, 2.75) is 18.8 Å². The van der Waals surface area contributed by atoms with E-state index in [1.165, 1.54) is 24.3 Å². The Balaban J connectivity index is 1.60. The summed E-state index contributed by atoms with van der Waals surface area (Å²) in [5.74, 6) is -0.428. The first kappa shape index (κ1) is 18.1. The molecule has 0 saturated carbocycles. The summed E-state index contributed by atoms with van der Waals surface area (Å²) in [5, 5.41) is 3.41. The van der Waals surface area contributed by atoms with Gasteiger partial charge >= 0.3 is 0 Å². The fourth-order valence-corrected chi connectivity index (χ4v) is 2.96. The van der Waals surface area contributed by atoms with Gasteiger partial charge in [-0.1, -0.05) is 24.3 Å². The molecule has 3 nitrogen and oxygen atoms in total. The molecule has 0 unspecified atom stereocenters. The number of nitrogens with one attached hydrogen (secondary N) is 1. The molecule has 0 atom stereocenters. The third-order valence-electron chi connectivity index (χ3n) is 4.33. The van der Waals surface area contributed by atoms with Crippen LogP contribution >= 0.6 is 0 Å². The lowest BCUT2D eigenvalue weighted by Crippen LogP contribution is -2.21. The van der Waals surface area contributed by atoms with E-state index >= 15 is 0 Å². The van der Waals surface area contributed by atoms with Crippen LogP contribution in [0.15, 0.2) is 67.1 Å². The highest BCUT2D eigenvalue weighted by Crippen LogP contribution is 2.28. The monoisotopic (exact) mass is 353 g/mol. The van der Waals surface area contributed by atoms with Crippen LogP contribution in [0.3, 0.4) is 0 Å². The summed E-state index contributed by atoms with van der Waals surface area (Å²) in [6.07, 6.45) is 6.76. The highest BCUT2D eigenvalue weighted by molar-refractivity contribution is 5.32. The van der Waals surface area contributed by atoms with Crippen LogP contribution in [-0.2, 0) is 6.42 Å². The summed E-state index contributed by atoms with van der Waals surface area (Å²) in [5.41, 5.74) is 3.00. The van der Waals surface area contributed by atoms with Crippen molar-refractivity contribution in [1.29, 1.82) is 0 Å². The Morgan fingerprint density at radius 2 is 1.42 bits per heavy atom. The minimum atomic E-state index is -0.256. The van der Waals surface area contributed by atoms with Gasteiger partial charge in [-0.2, -0.15) is 0 Å². The lowest BCUT2D eigenvalue weighted by Gasteiger charge is -2.18. The molecule has 0 saturated heterocycles. The van der Waals surface area contributed by atoms with Gasteiger partial charge in [-0.05, 0) is 48.4 Å². The molecule has 0 fully saturated rings. The maximum Gasteiger partial charge on any atom is 0.123 e. The molecular formula is C21H21F2N3. The fourth-order valence-electron chi connectivity index (χ4n) is 2.96. The second-order valence-corrected chi connectivity index (χ2v) is 6.14. The molecule has 0 spiro atoms. The number of benzene rings is 2. The van der Waals surface area contributed by atoms with Gasteiger partial charge in [0.05, 0.1) is 5.69 Å². The van der Waals surface area contributed by atoms with Crippen LogP contribution in [0.5, 0.6) is 0 Å². The molecule has 0 bridgehead atoms. The van der Waals surface area contributed by atoms with Gasteiger partial charge in [-0.25, -0.2) is 8.78 Å². The van der Waals surface area contributed by atoms with Crippen molar-refractivity contribution in [3.05, 3.63) is 95.6 Å². The molecule has 1 aromatic heterocycles. The van der Waals surface area contributed by atoms with E-state index in [2.05, 4.69) is 15.3 Å². The summed E-state index contributed by atoms with van der Waals surface area (Å²) in [7, 11) is 0. The van der Waals surface area contributed by atoms with Crippen LogP contribution in [0, 0.1) is 11.6 Å². The molecular weight excluding hydrogens is 332 g/mol. The van der Waals surface area contributed by atoms with E-state index < -0.39 is 0 Å². The first-order valence-corrected chi connectivity index (χ1v) is 8.69. The van der Waals surface area contributed by atoms with Crippen LogP contribution in [0.1, 0.15) is 29.2 Å². The number of aromatic nitrogens is 2. The second-order valence-electron chi connectivity index (χ2n) is 6.14. The Labute approximate surface area is 152 Å². The van der Waals surface area contributed by atoms with Crippen molar-refractivity contribution < 1.29 is 8.78 Å². The van der Waals surface area contributed by atoms with E-state index in [-0.39, 0.29) is 17.6 Å². The molecule has 1 N–H and O–H groups in total. The van der Waals surface area contributed by atoms with Gasteiger partial charge in [0, 0.05) is 37.5 Å². The average Bonchev–Trinajstić information content (AvgIpc) is 2.67. The summed E-state index contributed by atoms with van der Waals surface area (Å²) in [4.78, 5) is 8.30. The molecule has 3 aromatic rings. The zero-order valence-corrected chi connectivity index (χ0v) is 14.4. The highest BCUT2D eigenvalue weighted by atomic mass is 19.1. The van der Waals surface area contributed by atoms with Gasteiger partial charge in [0.1, 0.15) is 11.6 Å². The van der Waals surface area contributed by atoms with E-state index in [9.17, 15) is 8.78 Å². The van der Waals surface area contributed by atoms with E-state index in [1.807, 2.05) is 0 Å². The number of rotatable bonds is 8. The smallest absolute Gasteiger partial charge is 0.123 e. The Kier molecular flexibility index (Phi) is 6.39. The van der Waals surface area contributed by atoms with Crippen LogP contribution in [0.4, 0.5) is 8.78 Å². The van der Waals surface area contributed by atoms with Gasteiger partial charge in [0.25, 0.3) is 0 Å². The molecule has 5 heteroatoms. The third-order valence-corrected chi connectivity index (χ3v) is 4.33. The molecule has 0 radical (unpaired) electrons.